The molecule has 0 unspecified atom stereocenters. The molecule has 2 heteroatoms. The van der Waals surface area contributed by atoms with Gasteiger partial charge in [-0.15, -0.1) is 0 Å². The monoisotopic (exact) mass is 204 g/mol. The first-order valence-corrected chi connectivity index (χ1v) is 6.35. The summed E-state index contributed by atoms with van der Waals surface area (Å²) in [5, 5.41) is 0. The Morgan fingerprint density at radius 2 is 1.73 bits per heavy atom. The summed E-state index contributed by atoms with van der Waals surface area (Å²) in [6, 6.07) is 0. The van der Waals surface area contributed by atoms with Crippen molar-refractivity contribution in [3.05, 3.63) is 12.2 Å². The molecule has 15 heavy (non-hydrogen) atoms. The van der Waals surface area contributed by atoms with Crippen LogP contribution < -0.4 is 0 Å². The average Bonchev–Trinajstić information content (AvgIpc) is 2.91. The van der Waals surface area contributed by atoms with Crippen LogP contribution in [-0.2, 0) is 9.47 Å². The van der Waals surface area contributed by atoms with Crippen LogP contribution in [-0.4, -0.2) is 19.0 Å². The van der Waals surface area contributed by atoms with Crippen molar-refractivity contribution < 1.29 is 9.47 Å². The second-order valence-electron chi connectivity index (χ2n) is 6.01. The van der Waals surface area contributed by atoms with Crippen LogP contribution in [0.2, 0.25) is 0 Å². The highest BCUT2D eigenvalue weighted by Crippen LogP contribution is 2.72. The Bertz CT molecular complexity index is 356. The zero-order valence-corrected chi connectivity index (χ0v) is 8.76. The first-order valence-electron chi connectivity index (χ1n) is 6.35. The topological polar surface area (TPSA) is 18.5 Å². The SMILES string of the molecule is C1=C[C@H]2[C@H]3C[C@H]4[C@H]2CC2(OCCO2)[C@@H]4[C@H]13. The molecule has 4 aliphatic carbocycles. The lowest BCUT2D eigenvalue weighted by Gasteiger charge is -2.32. The van der Waals surface area contributed by atoms with Gasteiger partial charge in [-0.05, 0) is 36.0 Å². The Morgan fingerprint density at radius 3 is 2.60 bits per heavy atom. The van der Waals surface area contributed by atoms with Gasteiger partial charge in [-0.2, -0.15) is 0 Å². The van der Waals surface area contributed by atoms with Gasteiger partial charge in [0.1, 0.15) is 0 Å². The Morgan fingerprint density at radius 1 is 0.933 bits per heavy atom. The van der Waals surface area contributed by atoms with E-state index in [0.29, 0.717) is 5.92 Å². The van der Waals surface area contributed by atoms with E-state index in [2.05, 4.69) is 12.2 Å². The maximum Gasteiger partial charge on any atom is 0.172 e. The number of rotatable bonds is 0. The predicted octanol–water partition coefficient (Wildman–Crippen LogP) is 1.82. The highest BCUT2D eigenvalue weighted by Gasteiger charge is 2.71. The van der Waals surface area contributed by atoms with Crippen molar-refractivity contribution in [1.29, 1.82) is 0 Å². The maximum absolute atomic E-state index is 6.01. The van der Waals surface area contributed by atoms with E-state index >= 15 is 0 Å². The fourth-order valence-corrected chi connectivity index (χ4v) is 5.58. The minimum Gasteiger partial charge on any atom is -0.347 e. The van der Waals surface area contributed by atoms with E-state index in [1.54, 1.807) is 0 Å². The summed E-state index contributed by atoms with van der Waals surface area (Å²) in [6.07, 6.45) is 7.62. The van der Waals surface area contributed by atoms with E-state index in [9.17, 15) is 0 Å². The number of fused-ring (bicyclic) bond motifs is 3. The quantitative estimate of drug-likeness (QED) is 0.560. The minimum absolute atomic E-state index is 0.145. The molecule has 6 atom stereocenters. The molecule has 0 N–H and O–H groups in total. The molecule has 80 valence electrons. The zero-order chi connectivity index (χ0) is 9.62. The second-order valence-corrected chi connectivity index (χ2v) is 6.01. The number of hydrogen-bond acceptors (Lipinski definition) is 2. The van der Waals surface area contributed by atoms with Crippen LogP contribution in [0.25, 0.3) is 0 Å². The smallest absolute Gasteiger partial charge is 0.172 e. The molecule has 1 saturated heterocycles. The molecular formula is C13H16O2. The highest BCUT2D eigenvalue weighted by atomic mass is 16.7. The van der Waals surface area contributed by atoms with Gasteiger partial charge in [0.15, 0.2) is 5.79 Å². The van der Waals surface area contributed by atoms with Crippen molar-refractivity contribution in [3.8, 4) is 0 Å². The summed E-state index contributed by atoms with van der Waals surface area (Å²) in [4.78, 5) is 0. The van der Waals surface area contributed by atoms with Crippen molar-refractivity contribution in [3.63, 3.8) is 0 Å². The maximum atomic E-state index is 6.01. The van der Waals surface area contributed by atoms with E-state index in [-0.39, 0.29) is 5.79 Å². The molecule has 5 rings (SSSR count). The first kappa shape index (κ1) is 7.86. The fraction of sp³-hybridized carbons (Fsp3) is 0.846. The van der Waals surface area contributed by atoms with Crippen molar-refractivity contribution in [2.45, 2.75) is 18.6 Å². The van der Waals surface area contributed by atoms with Gasteiger partial charge in [-0.3, -0.25) is 0 Å². The van der Waals surface area contributed by atoms with E-state index in [4.69, 9.17) is 9.47 Å². The van der Waals surface area contributed by atoms with Crippen LogP contribution in [0.3, 0.4) is 0 Å². The molecule has 0 radical (unpaired) electrons. The number of hydrogen-bond donors (Lipinski definition) is 0. The van der Waals surface area contributed by atoms with Gasteiger partial charge in [0.25, 0.3) is 0 Å². The van der Waals surface area contributed by atoms with Crippen LogP contribution in [0.4, 0.5) is 0 Å². The summed E-state index contributed by atoms with van der Waals surface area (Å²) in [7, 11) is 0. The van der Waals surface area contributed by atoms with Gasteiger partial charge in [0.2, 0.25) is 0 Å². The standard InChI is InChI=1S/C13H16O2/c1-2-8-9-5-10-11(7(1)9)6-13(12(8)10)14-3-4-15-13/h1-2,7-12H,3-6H2/t7-,8+,9+,10-,11-,12+/m0/s1. The van der Waals surface area contributed by atoms with Gasteiger partial charge < -0.3 is 9.47 Å². The Balaban J connectivity index is 1.69. The van der Waals surface area contributed by atoms with E-state index in [1.165, 1.54) is 12.8 Å². The molecule has 0 aromatic heterocycles. The number of ether oxygens (including phenoxy) is 2. The predicted molar refractivity (Wildman–Crippen MR) is 53.9 cm³/mol. The molecule has 2 bridgehead atoms. The van der Waals surface area contributed by atoms with Gasteiger partial charge in [0.05, 0.1) is 13.2 Å². The third kappa shape index (κ3) is 0.670. The third-order valence-electron chi connectivity index (χ3n) is 5.81. The lowest BCUT2D eigenvalue weighted by atomic mass is 9.78. The van der Waals surface area contributed by atoms with Crippen LogP contribution in [0.1, 0.15) is 12.8 Å². The van der Waals surface area contributed by atoms with Crippen LogP contribution >= 0.6 is 0 Å². The highest BCUT2D eigenvalue weighted by molar-refractivity contribution is 5.27. The molecule has 0 amide bonds. The molecular weight excluding hydrogens is 188 g/mol. The summed E-state index contributed by atoms with van der Waals surface area (Å²) >= 11 is 0. The molecule has 4 fully saturated rings. The molecule has 5 aliphatic rings. The Labute approximate surface area is 89.6 Å². The summed E-state index contributed by atoms with van der Waals surface area (Å²) in [6.45, 7) is 1.64. The summed E-state index contributed by atoms with van der Waals surface area (Å²) in [5.74, 6) is 4.97. The summed E-state index contributed by atoms with van der Waals surface area (Å²) in [5.41, 5.74) is 0. The molecule has 0 aromatic carbocycles. The summed E-state index contributed by atoms with van der Waals surface area (Å²) < 4.78 is 12.0. The van der Waals surface area contributed by atoms with Crippen molar-refractivity contribution in [1.82, 2.24) is 0 Å². The minimum atomic E-state index is -0.145. The zero-order valence-electron chi connectivity index (χ0n) is 8.76. The third-order valence-corrected chi connectivity index (χ3v) is 5.81. The molecule has 1 spiro atoms. The lowest BCUT2D eigenvalue weighted by molar-refractivity contribution is -0.189. The normalized spacial score (nSPS) is 61.3. The average molecular weight is 204 g/mol. The Kier molecular flexibility index (Phi) is 1.14. The lowest BCUT2D eigenvalue weighted by Crippen LogP contribution is -2.38. The number of allylic oxidation sites excluding steroid dienone is 2. The van der Waals surface area contributed by atoms with Gasteiger partial charge >= 0.3 is 0 Å². The molecule has 1 heterocycles. The molecule has 1 aliphatic heterocycles. The van der Waals surface area contributed by atoms with Crippen LogP contribution in [0, 0.1) is 35.5 Å². The van der Waals surface area contributed by atoms with E-state index < -0.39 is 0 Å². The largest absolute Gasteiger partial charge is 0.347 e. The van der Waals surface area contributed by atoms with Crippen molar-refractivity contribution in [2.24, 2.45) is 35.5 Å². The molecule has 3 saturated carbocycles. The van der Waals surface area contributed by atoms with E-state index in [1.807, 2.05) is 0 Å². The molecule has 0 aromatic rings. The van der Waals surface area contributed by atoms with Gasteiger partial charge in [-0.25, -0.2) is 0 Å². The van der Waals surface area contributed by atoms with Gasteiger partial charge in [0, 0.05) is 12.3 Å². The van der Waals surface area contributed by atoms with Crippen molar-refractivity contribution >= 4 is 0 Å². The van der Waals surface area contributed by atoms with Crippen LogP contribution in [0.15, 0.2) is 12.2 Å². The van der Waals surface area contributed by atoms with E-state index in [0.717, 1.165) is 42.8 Å². The first-order chi connectivity index (χ1) is 7.39. The fourth-order valence-electron chi connectivity index (χ4n) is 5.58. The van der Waals surface area contributed by atoms with Crippen LogP contribution in [0.5, 0.6) is 0 Å². The molecule has 2 nitrogen and oxygen atoms in total. The Hall–Kier alpha value is -0.340. The van der Waals surface area contributed by atoms with Gasteiger partial charge in [-0.1, -0.05) is 12.2 Å². The van der Waals surface area contributed by atoms with Crippen molar-refractivity contribution in [2.75, 3.05) is 13.2 Å². The second kappa shape index (κ2) is 2.18.